The quantitative estimate of drug-likeness (QED) is 0.578. The molecule has 2 saturated heterocycles. The Morgan fingerprint density at radius 1 is 1.32 bits per heavy atom. The fourth-order valence-corrected chi connectivity index (χ4v) is 4.01. The maximum absolute atomic E-state index is 11.9. The van der Waals surface area contributed by atoms with Crippen LogP contribution in [0, 0.1) is 5.92 Å². The molecule has 2 aliphatic heterocycles. The predicted octanol–water partition coefficient (Wildman–Crippen LogP) is 2.63. The summed E-state index contributed by atoms with van der Waals surface area (Å²) in [6.45, 7) is 5.14. The van der Waals surface area contributed by atoms with E-state index < -0.39 is 0 Å². The van der Waals surface area contributed by atoms with Gasteiger partial charge in [0.1, 0.15) is 0 Å². The Morgan fingerprint density at radius 2 is 2.11 bits per heavy atom. The minimum Gasteiger partial charge on any atom is -0.381 e. The lowest BCUT2D eigenvalue weighted by Gasteiger charge is -2.27. The molecule has 2 aliphatic rings. The third-order valence-corrected chi connectivity index (χ3v) is 5.77. The van der Waals surface area contributed by atoms with E-state index in [1.165, 1.54) is 30.4 Å². The number of nitrogens with one attached hydrogen (secondary N) is 1. The Labute approximate surface area is 168 Å². The molecule has 0 spiro atoms. The van der Waals surface area contributed by atoms with Crippen molar-refractivity contribution >= 4 is 11.9 Å². The molecule has 2 heterocycles. The molecule has 1 N–H and O–H groups in total. The van der Waals surface area contributed by atoms with Gasteiger partial charge in [-0.15, -0.1) is 0 Å². The van der Waals surface area contributed by atoms with Gasteiger partial charge in [-0.1, -0.05) is 24.3 Å². The number of hydrogen-bond donors (Lipinski definition) is 1. The lowest BCUT2D eigenvalue weighted by molar-refractivity contribution is -0.128. The van der Waals surface area contributed by atoms with E-state index in [9.17, 15) is 4.79 Å². The molecule has 0 aromatic heterocycles. The first-order valence-corrected chi connectivity index (χ1v) is 10.5. The van der Waals surface area contributed by atoms with Crippen LogP contribution in [0.5, 0.6) is 0 Å². The first-order chi connectivity index (χ1) is 13.7. The molecule has 1 amide bonds. The van der Waals surface area contributed by atoms with Crippen molar-refractivity contribution in [2.75, 3.05) is 40.4 Å². The average molecular weight is 387 g/mol. The Morgan fingerprint density at radius 3 is 2.82 bits per heavy atom. The predicted molar refractivity (Wildman–Crippen MR) is 112 cm³/mol. The van der Waals surface area contributed by atoms with E-state index in [4.69, 9.17) is 4.74 Å². The number of carbonyl (C=O) groups excluding carboxylic acids is 1. The van der Waals surface area contributed by atoms with Crippen LogP contribution in [0.1, 0.15) is 43.2 Å². The van der Waals surface area contributed by atoms with Gasteiger partial charge in [-0.2, -0.15) is 0 Å². The second-order valence-corrected chi connectivity index (χ2v) is 7.91. The van der Waals surface area contributed by atoms with Crippen LogP contribution in [0.4, 0.5) is 0 Å². The summed E-state index contributed by atoms with van der Waals surface area (Å²) in [7, 11) is 3.94. The summed E-state index contributed by atoms with van der Waals surface area (Å²) < 4.78 is 5.45. The zero-order valence-electron chi connectivity index (χ0n) is 17.3. The highest BCUT2D eigenvalue weighted by Gasteiger charge is 2.20. The van der Waals surface area contributed by atoms with Gasteiger partial charge in [0.15, 0.2) is 5.96 Å². The van der Waals surface area contributed by atoms with Crippen molar-refractivity contribution in [2.45, 2.75) is 45.2 Å². The minimum absolute atomic E-state index is 0.273. The third kappa shape index (κ3) is 5.96. The number of ether oxygens (including phenoxy) is 1. The number of nitrogens with zero attached hydrogens (tertiary/aromatic N) is 3. The van der Waals surface area contributed by atoms with Gasteiger partial charge in [0.05, 0.1) is 0 Å². The van der Waals surface area contributed by atoms with Crippen LogP contribution in [0.15, 0.2) is 29.3 Å². The van der Waals surface area contributed by atoms with Gasteiger partial charge in [0.25, 0.3) is 0 Å². The molecular weight excluding hydrogens is 352 g/mol. The van der Waals surface area contributed by atoms with Gasteiger partial charge >= 0.3 is 0 Å². The van der Waals surface area contributed by atoms with Gasteiger partial charge in [-0.3, -0.25) is 9.79 Å². The van der Waals surface area contributed by atoms with Crippen molar-refractivity contribution in [3.05, 3.63) is 35.4 Å². The topological polar surface area (TPSA) is 57.2 Å². The highest BCUT2D eigenvalue weighted by molar-refractivity contribution is 5.79. The number of carbonyl (C=O) groups is 1. The van der Waals surface area contributed by atoms with Gasteiger partial charge in [-0.25, -0.2) is 0 Å². The Kier molecular flexibility index (Phi) is 7.71. The molecule has 0 radical (unpaired) electrons. The molecule has 0 saturated carbocycles. The van der Waals surface area contributed by atoms with E-state index >= 15 is 0 Å². The molecule has 154 valence electrons. The number of likely N-dealkylation sites (tertiary alicyclic amines) is 1. The number of rotatable bonds is 7. The first-order valence-electron chi connectivity index (χ1n) is 10.5. The van der Waals surface area contributed by atoms with Crippen molar-refractivity contribution in [1.82, 2.24) is 15.1 Å². The van der Waals surface area contributed by atoms with Crippen molar-refractivity contribution in [3.8, 4) is 0 Å². The molecule has 1 aromatic rings. The second kappa shape index (κ2) is 10.5. The summed E-state index contributed by atoms with van der Waals surface area (Å²) in [5.41, 5.74) is 2.40. The highest BCUT2D eigenvalue weighted by Crippen LogP contribution is 2.18. The largest absolute Gasteiger partial charge is 0.381 e. The lowest BCUT2D eigenvalue weighted by Crippen LogP contribution is -2.39. The van der Waals surface area contributed by atoms with Crippen LogP contribution in [-0.4, -0.2) is 62.1 Å². The normalized spacial score (nSPS) is 18.6. The van der Waals surface area contributed by atoms with Crippen molar-refractivity contribution in [3.63, 3.8) is 0 Å². The first kappa shape index (κ1) is 20.6. The van der Waals surface area contributed by atoms with Crippen molar-refractivity contribution in [1.29, 1.82) is 0 Å². The van der Waals surface area contributed by atoms with Crippen molar-refractivity contribution < 1.29 is 9.53 Å². The van der Waals surface area contributed by atoms with E-state index in [-0.39, 0.29) is 5.91 Å². The number of hydrogen-bond acceptors (Lipinski definition) is 3. The maximum atomic E-state index is 11.9. The molecule has 2 fully saturated rings. The smallest absolute Gasteiger partial charge is 0.222 e. The zero-order chi connectivity index (χ0) is 19.8. The molecule has 0 bridgehead atoms. The molecule has 0 atom stereocenters. The van der Waals surface area contributed by atoms with E-state index in [0.717, 1.165) is 51.1 Å². The monoisotopic (exact) mass is 386 g/mol. The summed E-state index contributed by atoms with van der Waals surface area (Å²) >= 11 is 0. The fourth-order valence-electron chi connectivity index (χ4n) is 4.01. The molecular formula is C22H34N4O2. The van der Waals surface area contributed by atoms with E-state index in [0.29, 0.717) is 13.0 Å². The summed E-state index contributed by atoms with van der Waals surface area (Å²) in [6.07, 6.45) is 5.20. The molecule has 0 unspecified atom stereocenters. The van der Waals surface area contributed by atoms with E-state index in [1.54, 1.807) is 0 Å². The van der Waals surface area contributed by atoms with Gasteiger partial charge in [0.2, 0.25) is 5.91 Å². The molecule has 1 aromatic carbocycles. The van der Waals surface area contributed by atoms with Crippen LogP contribution in [0.2, 0.25) is 0 Å². The number of amides is 1. The molecule has 6 nitrogen and oxygen atoms in total. The number of guanidine groups is 1. The SMILES string of the molecule is CN=C(NCc1cccc(CN2CCCC2=O)c1)N(C)CCC1CCOCC1. The second-order valence-electron chi connectivity index (χ2n) is 7.91. The standard InChI is InChI=1S/C22H34N4O2/c1-23-22(25(2)12-8-18-9-13-28-14-10-18)24-16-19-5-3-6-20(15-19)17-26-11-4-7-21(26)27/h3,5-6,15,18H,4,7-14,16-17H2,1-2H3,(H,23,24). The van der Waals surface area contributed by atoms with Crippen LogP contribution >= 0.6 is 0 Å². The number of aliphatic imine (C=N–C) groups is 1. The fraction of sp³-hybridized carbons (Fsp3) is 0.636. The molecule has 3 rings (SSSR count). The maximum Gasteiger partial charge on any atom is 0.222 e. The van der Waals surface area contributed by atoms with Gasteiger partial charge in [0, 0.05) is 59.9 Å². The van der Waals surface area contributed by atoms with Crippen LogP contribution in [0.3, 0.4) is 0 Å². The van der Waals surface area contributed by atoms with Gasteiger partial charge < -0.3 is 19.9 Å². The lowest BCUT2D eigenvalue weighted by atomic mass is 9.96. The minimum atomic E-state index is 0.273. The summed E-state index contributed by atoms with van der Waals surface area (Å²) in [4.78, 5) is 20.5. The van der Waals surface area contributed by atoms with Crippen LogP contribution in [0.25, 0.3) is 0 Å². The summed E-state index contributed by atoms with van der Waals surface area (Å²) in [5.74, 6) is 1.96. The van der Waals surface area contributed by atoms with Gasteiger partial charge in [-0.05, 0) is 42.7 Å². The third-order valence-electron chi connectivity index (χ3n) is 5.77. The summed E-state index contributed by atoms with van der Waals surface area (Å²) in [6, 6.07) is 8.49. The number of benzene rings is 1. The summed E-state index contributed by atoms with van der Waals surface area (Å²) in [5, 5.41) is 3.47. The highest BCUT2D eigenvalue weighted by atomic mass is 16.5. The zero-order valence-corrected chi connectivity index (χ0v) is 17.3. The average Bonchev–Trinajstić information content (AvgIpc) is 3.12. The van der Waals surface area contributed by atoms with E-state index in [2.05, 4.69) is 46.5 Å². The van der Waals surface area contributed by atoms with Crippen molar-refractivity contribution in [2.24, 2.45) is 10.9 Å². The van der Waals surface area contributed by atoms with Crippen LogP contribution < -0.4 is 5.32 Å². The molecule has 0 aliphatic carbocycles. The molecule has 6 heteroatoms. The Balaban J connectivity index is 1.47. The molecule has 28 heavy (non-hydrogen) atoms. The Bertz CT molecular complexity index is 670. The van der Waals surface area contributed by atoms with E-state index in [1.807, 2.05) is 11.9 Å². The van der Waals surface area contributed by atoms with Crippen LogP contribution in [-0.2, 0) is 22.6 Å². The Hall–Kier alpha value is -2.08.